The van der Waals surface area contributed by atoms with E-state index in [1.807, 2.05) is 39.1 Å². The number of aromatic nitrogens is 2. The first kappa shape index (κ1) is 15.8. The highest BCUT2D eigenvalue weighted by Gasteiger charge is 2.15. The molecule has 1 N–H and O–H groups in total. The Hall–Kier alpha value is -1.62. The van der Waals surface area contributed by atoms with E-state index in [0.29, 0.717) is 5.88 Å². The molecule has 0 saturated heterocycles. The fourth-order valence-corrected chi connectivity index (χ4v) is 2.42. The van der Waals surface area contributed by atoms with Gasteiger partial charge in [0.15, 0.2) is 0 Å². The summed E-state index contributed by atoms with van der Waals surface area (Å²) in [4.78, 5) is 9.07. The van der Waals surface area contributed by atoms with Crippen LogP contribution in [0.3, 0.4) is 0 Å². The summed E-state index contributed by atoms with van der Waals surface area (Å²) < 4.78 is 7.05. The molecule has 1 aromatic heterocycles. The molecule has 0 aliphatic rings. The monoisotopic (exact) mass is 349 g/mol. The quantitative estimate of drug-likeness (QED) is 0.859. The topological polar surface area (TPSA) is 47.0 Å². The fourth-order valence-electron chi connectivity index (χ4n) is 1.95. The summed E-state index contributed by atoms with van der Waals surface area (Å²) in [5, 5.41) is 3.10. The van der Waals surface area contributed by atoms with Gasteiger partial charge in [0, 0.05) is 17.4 Å². The highest BCUT2D eigenvalue weighted by molar-refractivity contribution is 9.10. The molecule has 0 saturated carbocycles. The van der Waals surface area contributed by atoms with Gasteiger partial charge in [-0.2, -0.15) is 4.98 Å². The van der Waals surface area contributed by atoms with E-state index in [0.717, 1.165) is 33.0 Å². The molecule has 0 bridgehead atoms. The van der Waals surface area contributed by atoms with Crippen LogP contribution < -0.4 is 10.1 Å². The summed E-state index contributed by atoms with van der Waals surface area (Å²) in [6, 6.07) is 5.92. The Morgan fingerprint density at radius 2 is 1.90 bits per heavy atom. The Morgan fingerprint density at radius 3 is 2.48 bits per heavy atom. The Morgan fingerprint density at radius 1 is 1.19 bits per heavy atom. The molecule has 21 heavy (non-hydrogen) atoms. The second-order valence-electron chi connectivity index (χ2n) is 5.28. The first-order valence-electron chi connectivity index (χ1n) is 6.92. The van der Waals surface area contributed by atoms with Crippen LogP contribution in [0.2, 0.25) is 0 Å². The predicted octanol–water partition coefficient (Wildman–Crippen LogP) is 4.81. The van der Waals surface area contributed by atoms with Crippen LogP contribution in [0, 0.1) is 13.8 Å². The molecule has 1 heterocycles. The molecule has 0 spiro atoms. The lowest BCUT2D eigenvalue weighted by atomic mass is 10.2. The SMILES string of the molecule is CNc1nc(C(C)C)nc(Oc2ccc(Br)cc2C)c1C. The van der Waals surface area contributed by atoms with E-state index in [4.69, 9.17) is 4.74 Å². The summed E-state index contributed by atoms with van der Waals surface area (Å²) in [7, 11) is 1.86. The highest BCUT2D eigenvalue weighted by Crippen LogP contribution is 2.31. The van der Waals surface area contributed by atoms with E-state index in [9.17, 15) is 0 Å². The third kappa shape index (κ3) is 3.53. The van der Waals surface area contributed by atoms with Crippen molar-refractivity contribution in [2.24, 2.45) is 0 Å². The summed E-state index contributed by atoms with van der Waals surface area (Å²) >= 11 is 3.46. The summed E-state index contributed by atoms with van der Waals surface area (Å²) in [6.07, 6.45) is 0. The average Bonchev–Trinajstić information content (AvgIpc) is 2.43. The van der Waals surface area contributed by atoms with Crippen LogP contribution in [0.1, 0.15) is 36.7 Å². The van der Waals surface area contributed by atoms with Crippen molar-refractivity contribution in [1.29, 1.82) is 0 Å². The summed E-state index contributed by atoms with van der Waals surface area (Å²) in [5.74, 6) is 3.22. The molecular formula is C16H20BrN3O. The van der Waals surface area contributed by atoms with Gasteiger partial charge in [-0.05, 0) is 37.6 Å². The van der Waals surface area contributed by atoms with Crippen LogP contribution in [0.25, 0.3) is 0 Å². The van der Waals surface area contributed by atoms with Crippen LogP contribution >= 0.6 is 15.9 Å². The van der Waals surface area contributed by atoms with Gasteiger partial charge >= 0.3 is 0 Å². The van der Waals surface area contributed by atoms with Crippen molar-refractivity contribution in [2.45, 2.75) is 33.6 Å². The van der Waals surface area contributed by atoms with E-state index in [1.165, 1.54) is 0 Å². The zero-order chi connectivity index (χ0) is 15.6. The second kappa shape index (κ2) is 6.43. The van der Waals surface area contributed by atoms with Crippen molar-refractivity contribution in [2.75, 3.05) is 12.4 Å². The van der Waals surface area contributed by atoms with Gasteiger partial charge in [-0.3, -0.25) is 0 Å². The standard InChI is InChI=1S/C16H20BrN3O/c1-9(2)14-19-15(18-5)11(4)16(20-14)21-13-7-6-12(17)8-10(13)3/h6-9H,1-5H3,(H,18,19,20). The zero-order valence-corrected chi connectivity index (χ0v) is 14.6. The largest absolute Gasteiger partial charge is 0.438 e. The summed E-state index contributed by atoms with van der Waals surface area (Å²) in [5.41, 5.74) is 1.96. The molecule has 0 amide bonds. The lowest BCUT2D eigenvalue weighted by molar-refractivity contribution is 0.450. The maximum absolute atomic E-state index is 6.02. The van der Waals surface area contributed by atoms with Crippen LogP contribution in [-0.4, -0.2) is 17.0 Å². The Bertz CT molecular complexity index is 656. The number of anilines is 1. The van der Waals surface area contributed by atoms with E-state index >= 15 is 0 Å². The third-order valence-corrected chi connectivity index (χ3v) is 3.71. The number of ether oxygens (including phenoxy) is 1. The molecule has 0 aliphatic heterocycles. The number of nitrogens with zero attached hydrogens (tertiary/aromatic N) is 2. The van der Waals surface area contributed by atoms with Crippen LogP contribution in [-0.2, 0) is 0 Å². The van der Waals surface area contributed by atoms with E-state index < -0.39 is 0 Å². The van der Waals surface area contributed by atoms with E-state index in [2.05, 4.69) is 45.1 Å². The maximum Gasteiger partial charge on any atom is 0.227 e. The Balaban J connectivity index is 2.45. The van der Waals surface area contributed by atoms with Gasteiger partial charge < -0.3 is 10.1 Å². The fraction of sp³-hybridized carbons (Fsp3) is 0.375. The number of aryl methyl sites for hydroxylation is 1. The molecule has 0 unspecified atom stereocenters. The normalized spacial score (nSPS) is 10.8. The Labute approximate surface area is 134 Å². The first-order valence-corrected chi connectivity index (χ1v) is 7.72. The molecule has 0 atom stereocenters. The molecular weight excluding hydrogens is 330 g/mol. The third-order valence-electron chi connectivity index (χ3n) is 3.22. The van der Waals surface area contributed by atoms with Crippen molar-refractivity contribution < 1.29 is 4.74 Å². The van der Waals surface area contributed by atoms with E-state index in [1.54, 1.807) is 0 Å². The molecule has 112 valence electrons. The summed E-state index contributed by atoms with van der Waals surface area (Å²) in [6.45, 7) is 8.11. The zero-order valence-electron chi connectivity index (χ0n) is 13.0. The molecule has 0 radical (unpaired) electrons. The van der Waals surface area contributed by atoms with Gasteiger partial charge in [-0.1, -0.05) is 29.8 Å². The smallest absolute Gasteiger partial charge is 0.227 e. The van der Waals surface area contributed by atoms with Crippen LogP contribution in [0.5, 0.6) is 11.6 Å². The maximum atomic E-state index is 6.02. The minimum atomic E-state index is 0.242. The number of nitrogens with one attached hydrogen (secondary N) is 1. The van der Waals surface area contributed by atoms with Crippen molar-refractivity contribution in [1.82, 2.24) is 9.97 Å². The molecule has 4 nitrogen and oxygen atoms in total. The average molecular weight is 350 g/mol. The molecule has 1 aromatic carbocycles. The number of hydrogen-bond acceptors (Lipinski definition) is 4. The van der Waals surface area contributed by atoms with Gasteiger partial charge in [0.1, 0.15) is 17.4 Å². The Kier molecular flexibility index (Phi) is 4.83. The molecule has 5 heteroatoms. The van der Waals surface area contributed by atoms with Gasteiger partial charge in [0.05, 0.1) is 5.56 Å². The van der Waals surface area contributed by atoms with Crippen LogP contribution in [0.15, 0.2) is 22.7 Å². The lowest BCUT2D eigenvalue weighted by Crippen LogP contribution is -2.06. The van der Waals surface area contributed by atoms with Gasteiger partial charge in [0.25, 0.3) is 0 Å². The number of hydrogen-bond donors (Lipinski definition) is 1. The van der Waals surface area contributed by atoms with Gasteiger partial charge in [-0.15, -0.1) is 0 Å². The van der Waals surface area contributed by atoms with Crippen molar-refractivity contribution in [3.05, 3.63) is 39.6 Å². The number of rotatable bonds is 4. The van der Waals surface area contributed by atoms with E-state index in [-0.39, 0.29) is 5.92 Å². The second-order valence-corrected chi connectivity index (χ2v) is 6.19. The molecule has 2 rings (SSSR count). The van der Waals surface area contributed by atoms with Gasteiger partial charge in [0.2, 0.25) is 5.88 Å². The molecule has 0 aliphatic carbocycles. The first-order chi connectivity index (χ1) is 9.92. The minimum absolute atomic E-state index is 0.242. The highest BCUT2D eigenvalue weighted by atomic mass is 79.9. The lowest BCUT2D eigenvalue weighted by Gasteiger charge is -2.15. The molecule has 2 aromatic rings. The van der Waals surface area contributed by atoms with Crippen molar-refractivity contribution in [3.63, 3.8) is 0 Å². The van der Waals surface area contributed by atoms with Gasteiger partial charge in [-0.25, -0.2) is 4.98 Å². The predicted molar refractivity (Wildman–Crippen MR) is 89.4 cm³/mol. The van der Waals surface area contributed by atoms with Crippen molar-refractivity contribution >= 4 is 21.7 Å². The number of halogens is 1. The van der Waals surface area contributed by atoms with Crippen molar-refractivity contribution in [3.8, 4) is 11.6 Å². The molecule has 0 fully saturated rings. The minimum Gasteiger partial charge on any atom is -0.438 e. The number of benzene rings is 1. The van der Waals surface area contributed by atoms with Crippen LogP contribution in [0.4, 0.5) is 5.82 Å².